The fourth-order valence-electron chi connectivity index (χ4n) is 4.09. The number of nitrogens with one attached hydrogen (secondary N) is 1. The minimum absolute atomic E-state index is 0.608. The Kier molecular flexibility index (Phi) is 3.34. The van der Waals surface area contributed by atoms with E-state index in [0.29, 0.717) is 18.1 Å². The number of aromatic nitrogens is 1. The van der Waals surface area contributed by atoms with Crippen molar-refractivity contribution in [3.8, 4) is 0 Å². The predicted octanol–water partition coefficient (Wildman–Crippen LogP) is 3.33. The van der Waals surface area contributed by atoms with Gasteiger partial charge < -0.3 is 14.6 Å². The Labute approximate surface area is 125 Å². The molecule has 0 aliphatic carbocycles. The van der Waals surface area contributed by atoms with E-state index in [1.807, 2.05) is 12.3 Å². The first-order chi connectivity index (χ1) is 10.3. The van der Waals surface area contributed by atoms with Crippen molar-refractivity contribution < 1.29 is 4.42 Å². The summed E-state index contributed by atoms with van der Waals surface area (Å²) in [4.78, 5) is 7.22. The molecule has 2 aliphatic rings. The maximum absolute atomic E-state index is 5.55. The topological polar surface area (TPSA) is 41.3 Å². The van der Waals surface area contributed by atoms with Crippen molar-refractivity contribution in [2.75, 3.05) is 11.4 Å². The van der Waals surface area contributed by atoms with Gasteiger partial charge in [0.15, 0.2) is 0 Å². The van der Waals surface area contributed by atoms with Crippen LogP contribution in [0.25, 0.3) is 11.0 Å². The van der Waals surface area contributed by atoms with Crippen LogP contribution in [0.15, 0.2) is 29.0 Å². The second kappa shape index (κ2) is 5.34. The van der Waals surface area contributed by atoms with Crippen molar-refractivity contribution >= 4 is 16.8 Å². The van der Waals surface area contributed by atoms with E-state index in [1.165, 1.54) is 25.7 Å². The van der Waals surface area contributed by atoms with E-state index in [-0.39, 0.29) is 0 Å². The van der Waals surface area contributed by atoms with E-state index >= 15 is 0 Å². The van der Waals surface area contributed by atoms with Crippen LogP contribution in [0.4, 0.5) is 5.82 Å². The number of pyridine rings is 1. The summed E-state index contributed by atoms with van der Waals surface area (Å²) in [7, 11) is 0. The molecule has 2 saturated heterocycles. The van der Waals surface area contributed by atoms with Gasteiger partial charge in [0.2, 0.25) is 0 Å². The Bertz CT molecular complexity index is 611. The van der Waals surface area contributed by atoms with E-state index in [9.17, 15) is 0 Å². The van der Waals surface area contributed by atoms with Gasteiger partial charge in [-0.2, -0.15) is 0 Å². The van der Waals surface area contributed by atoms with Gasteiger partial charge in [0.25, 0.3) is 0 Å². The van der Waals surface area contributed by atoms with Crippen molar-refractivity contribution in [3.05, 3.63) is 24.6 Å². The lowest BCUT2D eigenvalue weighted by atomic mass is 9.97. The Morgan fingerprint density at radius 2 is 2.10 bits per heavy atom. The molecule has 0 amide bonds. The second-order valence-corrected chi connectivity index (χ2v) is 6.42. The van der Waals surface area contributed by atoms with Crippen LogP contribution in [-0.4, -0.2) is 29.7 Å². The molecule has 21 heavy (non-hydrogen) atoms. The Hall–Kier alpha value is -1.55. The number of nitrogens with zero attached hydrogens (tertiary/aromatic N) is 2. The smallest absolute Gasteiger partial charge is 0.139 e. The quantitative estimate of drug-likeness (QED) is 0.935. The Balaban J connectivity index is 1.69. The molecule has 4 heterocycles. The number of anilines is 1. The fraction of sp³-hybridized carbons (Fsp3) is 0.588. The van der Waals surface area contributed by atoms with Crippen LogP contribution in [-0.2, 0) is 0 Å². The molecule has 2 aromatic rings. The predicted molar refractivity (Wildman–Crippen MR) is 84.6 cm³/mol. The molecule has 0 saturated carbocycles. The van der Waals surface area contributed by atoms with Gasteiger partial charge in [-0.15, -0.1) is 0 Å². The summed E-state index contributed by atoms with van der Waals surface area (Å²) in [6.45, 7) is 3.32. The van der Waals surface area contributed by atoms with Gasteiger partial charge >= 0.3 is 0 Å². The first kappa shape index (κ1) is 13.1. The van der Waals surface area contributed by atoms with Crippen LogP contribution >= 0.6 is 0 Å². The third kappa shape index (κ3) is 2.31. The first-order valence-electron chi connectivity index (χ1n) is 8.20. The lowest BCUT2D eigenvalue weighted by Gasteiger charge is -2.38. The highest BCUT2D eigenvalue weighted by Gasteiger charge is 2.36. The third-order valence-corrected chi connectivity index (χ3v) is 4.98. The summed E-state index contributed by atoms with van der Waals surface area (Å²) in [6, 6.07) is 6.02. The molecule has 1 N–H and O–H groups in total. The number of furan rings is 1. The van der Waals surface area contributed by atoms with Gasteiger partial charge in [-0.1, -0.05) is 6.92 Å². The van der Waals surface area contributed by atoms with Crippen LogP contribution in [0, 0.1) is 0 Å². The number of hydrogen-bond donors (Lipinski definition) is 1. The third-order valence-electron chi connectivity index (χ3n) is 4.98. The molecule has 0 spiro atoms. The van der Waals surface area contributed by atoms with E-state index in [1.54, 1.807) is 6.26 Å². The highest BCUT2D eigenvalue weighted by Crippen LogP contribution is 2.34. The molecule has 0 radical (unpaired) electrons. The molecule has 0 aromatic carbocycles. The molecule has 4 nitrogen and oxygen atoms in total. The molecule has 2 fully saturated rings. The maximum atomic E-state index is 5.55. The van der Waals surface area contributed by atoms with Crippen molar-refractivity contribution in [2.45, 2.75) is 57.2 Å². The fourth-order valence-corrected chi connectivity index (χ4v) is 4.09. The lowest BCUT2D eigenvalue weighted by molar-refractivity contribution is 0.346. The second-order valence-electron chi connectivity index (χ2n) is 6.42. The molecule has 2 aromatic heterocycles. The minimum Gasteiger partial charge on any atom is -0.464 e. The zero-order valence-corrected chi connectivity index (χ0v) is 12.6. The largest absolute Gasteiger partial charge is 0.464 e. The normalized spacial score (nSPS) is 28.1. The summed E-state index contributed by atoms with van der Waals surface area (Å²) in [6.07, 6.45) is 9.95. The molecule has 2 bridgehead atoms. The first-order valence-corrected chi connectivity index (χ1v) is 8.20. The average molecular weight is 285 g/mol. The summed E-state index contributed by atoms with van der Waals surface area (Å²) < 4.78 is 5.55. The van der Waals surface area contributed by atoms with E-state index < -0.39 is 0 Å². The van der Waals surface area contributed by atoms with Crippen molar-refractivity contribution in [1.29, 1.82) is 0 Å². The molecule has 2 atom stereocenters. The van der Waals surface area contributed by atoms with Crippen molar-refractivity contribution in [3.63, 3.8) is 0 Å². The Morgan fingerprint density at radius 3 is 2.86 bits per heavy atom. The summed E-state index contributed by atoms with van der Waals surface area (Å²) >= 11 is 0. The van der Waals surface area contributed by atoms with E-state index in [4.69, 9.17) is 4.42 Å². The van der Waals surface area contributed by atoms with Crippen molar-refractivity contribution in [1.82, 2.24) is 10.3 Å². The summed E-state index contributed by atoms with van der Waals surface area (Å²) in [5.74, 6) is 1.11. The standard InChI is InChI=1S/C17H23N3O/c1-2-8-20(14-10-12-3-4-13(11-14)19-12)17-15-6-9-21-16(15)5-7-18-17/h5-7,9,12-14,19H,2-4,8,10-11H2,1H3. The van der Waals surface area contributed by atoms with Gasteiger partial charge in [-0.05, 0) is 44.2 Å². The molecule has 4 heteroatoms. The molecule has 2 unspecified atom stereocenters. The Morgan fingerprint density at radius 1 is 1.29 bits per heavy atom. The number of rotatable bonds is 4. The summed E-state index contributed by atoms with van der Waals surface area (Å²) in [5, 5.41) is 4.89. The molecule has 2 aliphatic heterocycles. The average Bonchev–Trinajstić information content (AvgIpc) is 3.11. The van der Waals surface area contributed by atoms with E-state index in [0.717, 1.165) is 29.8 Å². The SMILES string of the molecule is CCCN(c1nccc2occc12)C1CC2CCC(C1)N2. The number of piperidine rings is 1. The zero-order valence-electron chi connectivity index (χ0n) is 12.6. The van der Waals surface area contributed by atoms with Gasteiger partial charge in [0.1, 0.15) is 11.4 Å². The van der Waals surface area contributed by atoms with Gasteiger partial charge in [-0.3, -0.25) is 0 Å². The summed E-state index contributed by atoms with van der Waals surface area (Å²) in [5.41, 5.74) is 0.943. The van der Waals surface area contributed by atoms with Crippen LogP contribution in [0.1, 0.15) is 39.0 Å². The highest BCUT2D eigenvalue weighted by atomic mass is 16.3. The molecule has 4 rings (SSSR count). The minimum atomic E-state index is 0.608. The lowest BCUT2D eigenvalue weighted by Crippen LogP contribution is -2.49. The number of fused-ring (bicyclic) bond motifs is 3. The maximum Gasteiger partial charge on any atom is 0.139 e. The number of hydrogen-bond acceptors (Lipinski definition) is 4. The van der Waals surface area contributed by atoms with Crippen LogP contribution in [0.5, 0.6) is 0 Å². The van der Waals surface area contributed by atoms with Gasteiger partial charge in [0.05, 0.1) is 11.6 Å². The van der Waals surface area contributed by atoms with Gasteiger partial charge in [0, 0.05) is 30.9 Å². The van der Waals surface area contributed by atoms with Crippen molar-refractivity contribution in [2.24, 2.45) is 0 Å². The van der Waals surface area contributed by atoms with Crippen LogP contribution in [0.2, 0.25) is 0 Å². The highest BCUT2D eigenvalue weighted by molar-refractivity contribution is 5.88. The molecular formula is C17H23N3O. The molecular weight excluding hydrogens is 262 g/mol. The molecule has 112 valence electrons. The van der Waals surface area contributed by atoms with Gasteiger partial charge in [-0.25, -0.2) is 4.98 Å². The monoisotopic (exact) mass is 285 g/mol. The van der Waals surface area contributed by atoms with Crippen LogP contribution in [0.3, 0.4) is 0 Å². The zero-order chi connectivity index (χ0) is 14.2. The van der Waals surface area contributed by atoms with Crippen LogP contribution < -0.4 is 10.2 Å². The van der Waals surface area contributed by atoms with E-state index in [2.05, 4.69) is 28.2 Å².